The third-order valence-corrected chi connectivity index (χ3v) is 6.45. The Bertz CT molecular complexity index is 537. The molecule has 1 aliphatic carbocycles. The zero-order valence-electron chi connectivity index (χ0n) is 11.1. The Balaban J connectivity index is 1.92. The smallest absolute Gasteiger partial charge is 0.254 e. The molecular weight excluding hydrogens is 286 g/mol. The highest BCUT2D eigenvalue weighted by Gasteiger charge is 2.26. The van der Waals surface area contributed by atoms with Crippen molar-refractivity contribution in [3.05, 3.63) is 5.69 Å². The molecule has 1 aromatic heterocycles. The summed E-state index contributed by atoms with van der Waals surface area (Å²) < 4.78 is 31.5. The first-order valence-electron chi connectivity index (χ1n) is 6.18. The number of ether oxygens (including phenoxy) is 1. The van der Waals surface area contributed by atoms with Crippen LogP contribution >= 0.6 is 11.3 Å². The van der Waals surface area contributed by atoms with Crippen LogP contribution in [0.1, 0.15) is 18.5 Å². The van der Waals surface area contributed by atoms with Gasteiger partial charge in [0.1, 0.15) is 0 Å². The van der Waals surface area contributed by atoms with Gasteiger partial charge in [-0.3, -0.25) is 0 Å². The number of aromatic nitrogens is 1. The highest BCUT2D eigenvalue weighted by atomic mass is 32.2. The lowest BCUT2D eigenvalue weighted by molar-refractivity contribution is 0.117. The maximum atomic E-state index is 12.3. The number of aryl methyl sites for hydroxylation is 1. The Labute approximate surface area is 117 Å². The molecule has 0 bridgehead atoms. The first-order valence-corrected chi connectivity index (χ1v) is 8.44. The van der Waals surface area contributed by atoms with Gasteiger partial charge < -0.3 is 10.5 Å². The quantitative estimate of drug-likeness (QED) is 0.762. The maximum Gasteiger partial charge on any atom is 0.254 e. The Morgan fingerprint density at radius 1 is 1.53 bits per heavy atom. The van der Waals surface area contributed by atoms with Crippen LogP contribution in [0, 0.1) is 12.8 Å². The van der Waals surface area contributed by atoms with Crippen LogP contribution in [0.2, 0.25) is 0 Å². The predicted molar refractivity (Wildman–Crippen MR) is 74.6 cm³/mol. The number of nitrogens with two attached hydrogens (primary N) is 1. The van der Waals surface area contributed by atoms with Gasteiger partial charge in [0.25, 0.3) is 10.0 Å². The molecule has 0 aliphatic heterocycles. The van der Waals surface area contributed by atoms with Crippen molar-refractivity contribution in [2.45, 2.75) is 24.0 Å². The van der Waals surface area contributed by atoms with E-state index in [1.807, 2.05) is 0 Å². The summed E-state index contributed by atoms with van der Waals surface area (Å²) in [5.41, 5.74) is 5.99. The molecule has 0 atom stereocenters. The zero-order valence-corrected chi connectivity index (χ0v) is 12.8. The van der Waals surface area contributed by atoms with Gasteiger partial charge in [-0.05, 0) is 25.7 Å². The summed E-state index contributed by atoms with van der Waals surface area (Å²) in [6.07, 6.45) is 2.46. The molecule has 0 amide bonds. The van der Waals surface area contributed by atoms with Crippen LogP contribution in [-0.2, 0) is 14.8 Å². The van der Waals surface area contributed by atoms with Crippen molar-refractivity contribution in [3.8, 4) is 0 Å². The number of thiazole rings is 1. The normalized spacial score (nSPS) is 16.2. The molecule has 1 aliphatic rings. The van der Waals surface area contributed by atoms with E-state index in [1.165, 1.54) is 17.1 Å². The van der Waals surface area contributed by atoms with Crippen LogP contribution in [-0.4, -0.2) is 44.5 Å². The first kappa shape index (κ1) is 14.7. The predicted octanol–water partition coefficient (Wildman–Crippen LogP) is 1.08. The molecule has 1 heterocycles. The van der Waals surface area contributed by atoms with Crippen LogP contribution in [0.25, 0.3) is 0 Å². The number of likely N-dealkylation sites (N-methyl/N-ethyl adjacent to an activating group) is 1. The van der Waals surface area contributed by atoms with Crippen molar-refractivity contribution in [2.24, 2.45) is 5.92 Å². The summed E-state index contributed by atoms with van der Waals surface area (Å²) >= 11 is 1.000. The van der Waals surface area contributed by atoms with Gasteiger partial charge >= 0.3 is 0 Å². The van der Waals surface area contributed by atoms with E-state index in [0.29, 0.717) is 24.8 Å². The van der Waals surface area contributed by atoms with Crippen LogP contribution in [0.5, 0.6) is 0 Å². The van der Waals surface area contributed by atoms with E-state index >= 15 is 0 Å². The summed E-state index contributed by atoms with van der Waals surface area (Å²) in [6, 6.07) is 0. The van der Waals surface area contributed by atoms with Gasteiger partial charge in [-0.2, -0.15) is 4.31 Å². The Morgan fingerprint density at radius 3 is 2.74 bits per heavy atom. The third-order valence-electron chi connectivity index (χ3n) is 3.02. The summed E-state index contributed by atoms with van der Waals surface area (Å²) in [7, 11) is -1.96. The molecule has 19 heavy (non-hydrogen) atoms. The standard InChI is InChI=1S/C11H19N3O3S2/c1-8-10(18-11(12)13-8)19(15,16)14(2)5-6-17-7-9-3-4-9/h9H,3-7H2,1-2H3,(H2,12,13). The molecule has 0 unspecified atom stereocenters. The molecule has 1 aromatic rings. The number of nitrogens with zero attached hydrogens (tertiary/aromatic N) is 2. The number of nitrogen functional groups attached to an aromatic ring is 1. The summed E-state index contributed by atoms with van der Waals surface area (Å²) in [4.78, 5) is 3.95. The summed E-state index contributed by atoms with van der Waals surface area (Å²) in [6.45, 7) is 3.14. The Morgan fingerprint density at radius 2 is 2.21 bits per heavy atom. The maximum absolute atomic E-state index is 12.3. The third kappa shape index (κ3) is 3.65. The van der Waals surface area contributed by atoms with E-state index in [2.05, 4.69) is 4.98 Å². The van der Waals surface area contributed by atoms with E-state index in [9.17, 15) is 8.42 Å². The average Bonchev–Trinajstić information content (AvgIpc) is 3.09. The van der Waals surface area contributed by atoms with Crippen LogP contribution in [0.3, 0.4) is 0 Å². The van der Waals surface area contributed by atoms with Crippen molar-refractivity contribution in [3.63, 3.8) is 0 Å². The fraction of sp³-hybridized carbons (Fsp3) is 0.727. The highest BCUT2D eigenvalue weighted by Crippen LogP contribution is 2.29. The van der Waals surface area contributed by atoms with E-state index < -0.39 is 10.0 Å². The van der Waals surface area contributed by atoms with Gasteiger partial charge in [0.15, 0.2) is 9.34 Å². The van der Waals surface area contributed by atoms with Crippen molar-refractivity contribution in [1.82, 2.24) is 9.29 Å². The van der Waals surface area contributed by atoms with Gasteiger partial charge in [-0.1, -0.05) is 11.3 Å². The lowest BCUT2D eigenvalue weighted by Crippen LogP contribution is -2.30. The minimum Gasteiger partial charge on any atom is -0.380 e. The van der Waals surface area contributed by atoms with Crippen molar-refractivity contribution >= 4 is 26.5 Å². The fourth-order valence-electron chi connectivity index (χ4n) is 1.63. The molecule has 6 nitrogen and oxygen atoms in total. The van der Waals surface area contributed by atoms with Crippen molar-refractivity contribution in [2.75, 3.05) is 32.5 Å². The van der Waals surface area contributed by atoms with Crippen LogP contribution < -0.4 is 5.73 Å². The monoisotopic (exact) mass is 305 g/mol. The minimum absolute atomic E-state index is 0.217. The van der Waals surface area contributed by atoms with Crippen LogP contribution in [0.15, 0.2) is 4.21 Å². The van der Waals surface area contributed by atoms with Gasteiger partial charge in [0, 0.05) is 20.2 Å². The van der Waals surface area contributed by atoms with E-state index in [0.717, 1.165) is 17.9 Å². The largest absolute Gasteiger partial charge is 0.380 e. The first-order chi connectivity index (χ1) is 8.91. The number of hydrogen-bond acceptors (Lipinski definition) is 6. The number of anilines is 1. The second-order valence-electron chi connectivity index (χ2n) is 4.77. The highest BCUT2D eigenvalue weighted by molar-refractivity contribution is 7.91. The van der Waals surface area contributed by atoms with Gasteiger partial charge in [-0.15, -0.1) is 0 Å². The molecule has 0 spiro atoms. The van der Waals surface area contributed by atoms with E-state index in [1.54, 1.807) is 14.0 Å². The Hall–Kier alpha value is -0.700. The average molecular weight is 305 g/mol. The lowest BCUT2D eigenvalue weighted by atomic mass is 10.5. The van der Waals surface area contributed by atoms with E-state index in [4.69, 9.17) is 10.5 Å². The van der Waals surface area contributed by atoms with Crippen molar-refractivity contribution < 1.29 is 13.2 Å². The lowest BCUT2D eigenvalue weighted by Gasteiger charge is -2.16. The Kier molecular flexibility index (Phi) is 4.44. The van der Waals surface area contributed by atoms with Crippen molar-refractivity contribution in [1.29, 1.82) is 0 Å². The van der Waals surface area contributed by atoms with Gasteiger partial charge in [-0.25, -0.2) is 13.4 Å². The van der Waals surface area contributed by atoms with E-state index in [-0.39, 0.29) is 9.34 Å². The fourth-order valence-corrected chi connectivity index (χ4v) is 4.27. The molecule has 8 heteroatoms. The molecule has 2 N–H and O–H groups in total. The topological polar surface area (TPSA) is 85.5 Å². The van der Waals surface area contributed by atoms with Gasteiger partial charge in [0.05, 0.1) is 12.3 Å². The SMILES string of the molecule is Cc1nc(N)sc1S(=O)(=O)N(C)CCOCC1CC1. The summed E-state index contributed by atoms with van der Waals surface area (Å²) in [5.74, 6) is 0.686. The second kappa shape index (κ2) is 5.74. The molecule has 108 valence electrons. The molecule has 0 radical (unpaired) electrons. The molecule has 1 fully saturated rings. The zero-order chi connectivity index (χ0) is 14.0. The summed E-state index contributed by atoms with van der Waals surface area (Å²) in [5, 5.41) is 0.273. The van der Waals surface area contributed by atoms with Gasteiger partial charge in [0.2, 0.25) is 0 Å². The number of sulfonamides is 1. The molecule has 1 saturated carbocycles. The molecule has 0 saturated heterocycles. The second-order valence-corrected chi connectivity index (χ2v) is 8.04. The number of rotatable bonds is 7. The molecular formula is C11H19N3O3S2. The minimum atomic E-state index is -3.50. The molecule has 0 aromatic carbocycles. The number of hydrogen-bond donors (Lipinski definition) is 1. The van der Waals surface area contributed by atoms with Crippen LogP contribution in [0.4, 0.5) is 5.13 Å². The molecule has 2 rings (SSSR count).